The Morgan fingerprint density at radius 1 is 1.18 bits per heavy atom. The number of rotatable bonds is 2. The SMILES string of the molecule is Cc1ccc(Cl)cc1C(=O)c1cccc(Br)c1. The molecule has 0 aromatic heterocycles. The molecule has 2 aromatic rings. The summed E-state index contributed by atoms with van der Waals surface area (Å²) in [5, 5.41) is 0.578. The number of hydrogen-bond donors (Lipinski definition) is 0. The van der Waals surface area contributed by atoms with Crippen molar-refractivity contribution in [1.29, 1.82) is 0 Å². The molecule has 1 nitrogen and oxygen atoms in total. The average molecular weight is 310 g/mol. The Morgan fingerprint density at radius 3 is 2.65 bits per heavy atom. The standard InChI is InChI=1S/C14H10BrClO/c1-9-5-6-12(16)8-13(9)14(17)10-3-2-4-11(15)7-10/h2-8H,1H3. The first-order valence-electron chi connectivity index (χ1n) is 5.14. The molecule has 0 saturated heterocycles. The van der Waals surface area contributed by atoms with Gasteiger partial charge in [-0.2, -0.15) is 0 Å². The summed E-state index contributed by atoms with van der Waals surface area (Å²) in [4.78, 5) is 12.3. The highest BCUT2D eigenvalue weighted by atomic mass is 79.9. The van der Waals surface area contributed by atoms with Gasteiger partial charge < -0.3 is 0 Å². The van der Waals surface area contributed by atoms with Crippen molar-refractivity contribution in [3.8, 4) is 0 Å². The molecule has 0 aliphatic heterocycles. The molecule has 0 amide bonds. The molecular formula is C14H10BrClO. The van der Waals surface area contributed by atoms with Crippen LogP contribution in [0, 0.1) is 6.92 Å². The maximum absolute atomic E-state index is 12.3. The summed E-state index contributed by atoms with van der Waals surface area (Å²) in [5.41, 5.74) is 2.24. The monoisotopic (exact) mass is 308 g/mol. The maximum atomic E-state index is 12.3. The van der Waals surface area contributed by atoms with Crippen molar-refractivity contribution in [3.05, 3.63) is 68.7 Å². The van der Waals surface area contributed by atoms with E-state index in [1.54, 1.807) is 18.2 Å². The van der Waals surface area contributed by atoms with E-state index >= 15 is 0 Å². The third-order valence-corrected chi connectivity index (χ3v) is 3.26. The fourth-order valence-corrected chi connectivity index (χ4v) is 2.20. The van der Waals surface area contributed by atoms with Crippen LogP contribution in [0.1, 0.15) is 21.5 Å². The van der Waals surface area contributed by atoms with Crippen molar-refractivity contribution in [2.24, 2.45) is 0 Å². The van der Waals surface area contributed by atoms with Gasteiger partial charge in [-0.05, 0) is 36.8 Å². The molecule has 17 heavy (non-hydrogen) atoms. The van der Waals surface area contributed by atoms with Crippen LogP contribution >= 0.6 is 27.5 Å². The van der Waals surface area contributed by atoms with Crippen molar-refractivity contribution in [2.45, 2.75) is 6.92 Å². The minimum atomic E-state index is -0.00806. The Balaban J connectivity index is 2.47. The number of ketones is 1. The van der Waals surface area contributed by atoms with Gasteiger partial charge in [-0.25, -0.2) is 0 Å². The first-order valence-corrected chi connectivity index (χ1v) is 6.31. The molecule has 0 aliphatic carbocycles. The first-order chi connectivity index (χ1) is 8.08. The van der Waals surface area contributed by atoms with E-state index in [2.05, 4.69) is 15.9 Å². The molecule has 0 fully saturated rings. The number of benzene rings is 2. The fourth-order valence-electron chi connectivity index (χ4n) is 1.62. The van der Waals surface area contributed by atoms with E-state index in [1.165, 1.54) is 0 Å². The summed E-state index contributed by atoms with van der Waals surface area (Å²) in [5.74, 6) is -0.00806. The lowest BCUT2D eigenvalue weighted by Crippen LogP contribution is -2.03. The molecule has 0 unspecified atom stereocenters. The van der Waals surface area contributed by atoms with E-state index in [9.17, 15) is 4.79 Å². The summed E-state index contributed by atoms with van der Waals surface area (Å²) in [6, 6.07) is 12.7. The molecule has 0 atom stereocenters. The lowest BCUT2D eigenvalue weighted by Gasteiger charge is -2.06. The quantitative estimate of drug-likeness (QED) is 0.738. The maximum Gasteiger partial charge on any atom is 0.193 e. The molecule has 2 aromatic carbocycles. The third kappa shape index (κ3) is 2.76. The van der Waals surface area contributed by atoms with Crippen LogP contribution in [0.5, 0.6) is 0 Å². The van der Waals surface area contributed by atoms with Gasteiger partial charge in [0.15, 0.2) is 5.78 Å². The molecule has 0 radical (unpaired) electrons. The Bertz CT molecular complexity index is 578. The summed E-state index contributed by atoms with van der Waals surface area (Å²) < 4.78 is 0.892. The molecule has 0 spiro atoms. The molecular weight excluding hydrogens is 300 g/mol. The first kappa shape index (κ1) is 12.3. The smallest absolute Gasteiger partial charge is 0.193 e. The molecule has 0 heterocycles. The topological polar surface area (TPSA) is 17.1 Å². The highest BCUT2D eigenvalue weighted by molar-refractivity contribution is 9.10. The van der Waals surface area contributed by atoms with Crippen LogP contribution in [0.3, 0.4) is 0 Å². The van der Waals surface area contributed by atoms with Crippen LogP contribution in [-0.2, 0) is 0 Å². The molecule has 3 heteroatoms. The number of aryl methyl sites for hydroxylation is 1. The number of halogens is 2. The lowest BCUT2D eigenvalue weighted by molar-refractivity contribution is 0.103. The van der Waals surface area contributed by atoms with Crippen LogP contribution in [0.4, 0.5) is 0 Å². The van der Waals surface area contributed by atoms with E-state index in [1.807, 2.05) is 31.2 Å². The normalized spacial score (nSPS) is 10.3. The van der Waals surface area contributed by atoms with Crippen molar-refractivity contribution >= 4 is 33.3 Å². The number of carbonyl (C=O) groups excluding carboxylic acids is 1. The summed E-state index contributed by atoms with van der Waals surface area (Å²) in [7, 11) is 0. The van der Waals surface area contributed by atoms with Gasteiger partial charge >= 0.3 is 0 Å². The van der Waals surface area contributed by atoms with Crippen molar-refractivity contribution in [1.82, 2.24) is 0 Å². The highest BCUT2D eigenvalue weighted by Gasteiger charge is 2.12. The Kier molecular flexibility index (Phi) is 3.65. The Hall–Kier alpha value is -1.12. The van der Waals surface area contributed by atoms with E-state index < -0.39 is 0 Å². The number of carbonyl (C=O) groups is 1. The second-order valence-electron chi connectivity index (χ2n) is 3.80. The van der Waals surface area contributed by atoms with Gasteiger partial charge in [0, 0.05) is 20.6 Å². The van der Waals surface area contributed by atoms with E-state index in [0.717, 1.165) is 10.0 Å². The van der Waals surface area contributed by atoms with Gasteiger partial charge in [0.25, 0.3) is 0 Å². The van der Waals surface area contributed by atoms with Gasteiger partial charge in [-0.15, -0.1) is 0 Å². The summed E-state index contributed by atoms with van der Waals surface area (Å²) in [6.45, 7) is 1.90. The highest BCUT2D eigenvalue weighted by Crippen LogP contribution is 2.20. The van der Waals surface area contributed by atoms with Crippen LogP contribution in [0.15, 0.2) is 46.9 Å². The zero-order valence-corrected chi connectivity index (χ0v) is 11.5. The van der Waals surface area contributed by atoms with E-state index in [4.69, 9.17) is 11.6 Å². The Morgan fingerprint density at radius 2 is 1.94 bits per heavy atom. The van der Waals surface area contributed by atoms with Gasteiger partial charge in [0.05, 0.1) is 0 Å². The van der Waals surface area contributed by atoms with Crippen molar-refractivity contribution in [2.75, 3.05) is 0 Å². The third-order valence-electron chi connectivity index (χ3n) is 2.53. The van der Waals surface area contributed by atoms with Crippen LogP contribution in [-0.4, -0.2) is 5.78 Å². The van der Waals surface area contributed by atoms with E-state index in [0.29, 0.717) is 16.1 Å². The van der Waals surface area contributed by atoms with Crippen molar-refractivity contribution < 1.29 is 4.79 Å². The zero-order valence-electron chi connectivity index (χ0n) is 9.21. The Labute approximate surface area is 114 Å². The molecule has 2 rings (SSSR count). The molecule has 0 aliphatic rings. The molecule has 86 valence electrons. The summed E-state index contributed by atoms with van der Waals surface area (Å²) >= 11 is 9.28. The predicted molar refractivity (Wildman–Crippen MR) is 73.8 cm³/mol. The predicted octanol–water partition coefficient (Wildman–Crippen LogP) is 4.64. The van der Waals surface area contributed by atoms with E-state index in [-0.39, 0.29) is 5.78 Å². The lowest BCUT2D eigenvalue weighted by atomic mass is 9.99. The largest absolute Gasteiger partial charge is 0.289 e. The second-order valence-corrected chi connectivity index (χ2v) is 5.15. The van der Waals surface area contributed by atoms with Gasteiger partial charge in [0.2, 0.25) is 0 Å². The van der Waals surface area contributed by atoms with Gasteiger partial charge in [0.1, 0.15) is 0 Å². The fraction of sp³-hybridized carbons (Fsp3) is 0.0714. The van der Waals surface area contributed by atoms with Gasteiger partial charge in [-0.3, -0.25) is 4.79 Å². The molecule has 0 N–H and O–H groups in total. The van der Waals surface area contributed by atoms with Gasteiger partial charge in [-0.1, -0.05) is 45.7 Å². The van der Waals surface area contributed by atoms with Crippen LogP contribution in [0.2, 0.25) is 5.02 Å². The summed E-state index contributed by atoms with van der Waals surface area (Å²) in [6.07, 6.45) is 0. The minimum absolute atomic E-state index is 0.00806. The molecule has 0 saturated carbocycles. The second kappa shape index (κ2) is 5.03. The minimum Gasteiger partial charge on any atom is -0.289 e. The molecule has 0 bridgehead atoms. The average Bonchev–Trinajstić information content (AvgIpc) is 2.31. The zero-order chi connectivity index (χ0) is 12.4. The van der Waals surface area contributed by atoms with Crippen molar-refractivity contribution in [3.63, 3.8) is 0 Å². The van der Waals surface area contributed by atoms with Crippen LogP contribution < -0.4 is 0 Å². The number of hydrogen-bond acceptors (Lipinski definition) is 1. The van der Waals surface area contributed by atoms with Crippen LogP contribution in [0.25, 0.3) is 0 Å².